The second-order valence-electron chi connectivity index (χ2n) is 3.51. The summed E-state index contributed by atoms with van der Waals surface area (Å²) in [7, 11) is 1.53. The van der Waals surface area contributed by atoms with Crippen LogP contribution in [0.15, 0.2) is 24.3 Å². The van der Waals surface area contributed by atoms with Crippen LogP contribution in [0.4, 0.5) is 5.13 Å². The Kier molecular flexibility index (Phi) is 3.88. The Labute approximate surface area is 109 Å². The van der Waals surface area contributed by atoms with Crippen LogP contribution in [0, 0.1) is 0 Å². The molecule has 2 rings (SSSR count). The zero-order valence-corrected chi connectivity index (χ0v) is 11.0. The molecule has 1 N–H and O–H groups in total. The summed E-state index contributed by atoms with van der Waals surface area (Å²) in [5, 5.41) is 12.0. The van der Waals surface area contributed by atoms with Gasteiger partial charge in [0.1, 0.15) is 10.8 Å². The lowest BCUT2D eigenvalue weighted by atomic mass is 10.2. The monoisotopic (exact) mass is 263 g/mol. The molecule has 1 aromatic carbocycles. The number of amides is 1. The van der Waals surface area contributed by atoms with E-state index in [9.17, 15) is 4.79 Å². The van der Waals surface area contributed by atoms with E-state index in [2.05, 4.69) is 15.5 Å². The summed E-state index contributed by atoms with van der Waals surface area (Å²) in [6.45, 7) is 1.99. The molecule has 0 atom stereocenters. The number of carbonyl (C=O) groups excluding carboxylic acids is 1. The van der Waals surface area contributed by atoms with E-state index in [-0.39, 0.29) is 5.91 Å². The number of aryl methyl sites for hydroxylation is 1. The van der Waals surface area contributed by atoms with Crippen LogP contribution in [0.1, 0.15) is 22.3 Å². The van der Waals surface area contributed by atoms with Gasteiger partial charge in [-0.05, 0) is 18.6 Å². The molecule has 6 heteroatoms. The Morgan fingerprint density at radius 2 is 2.17 bits per heavy atom. The fraction of sp³-hybridized carbons (Fsp3) is 0.250. The van der Waals surface area contributed by atoms with E-state index in [1.807, 2.05) is 13.0 Å². The normalized spacial score (nSPS) is 10.1. The van der Waals surface area contributed by atoms with Crippen molar-refractivity contribution in [2.45, 2.75) is 13.3 Å². The number of para-hydroxylation sites is 1. The highest BCUT2D eigenvalue weighted by Crippen LogP contribution is 2.21. The number of nitrogens with one attached hydrogen (secondary N) is 1. The molecule has 0 spiro atoms. The summed E-state index contributed by atoms with van der Waals surface area (Å²) in [4.78, 5) is 12.0. The number of methoxy groups -OCH3 is 1. The molecular formula is C12H13N3O2S. The minimum atomic E-state index is -0.244. The predicted octanol–water partition coefficient (Wildman–Crippen LogP) is 2.36. The van der Waals surface area contributed by atoms with E-state index in [4.69, 9.17) is 4.74 Å². The standard InChI is InChI=1S/C12H13N3O2S/c1-3-10-14-15-12(18-10)13-11(16)8-6-4-5-7-9(8)17-2/h4-7H,3H2,1-2H3,(H,13,15,16). The Morgan fingerprint density at radius 3 is 2.83 bits per heavy atom. The largest absolute Gasteiger partial charge is 0.496 e. The Bertz CT molecular complexity index is 554. The number of anilines is 1. The predicted molar refractivity (Wildman–Crippen MR) is 70.2 cm³/mol. The summed E-state index contributed by atoms with van der Waals surface area (Å²) in [6, 6.07) is 7.05. The van der Waals surface area contributed by atoms with Gasteiger partial charge in [-0.15, -0.1) is 10.2 Å². The number of carbonyl (C=O) groups is 1. The highest BCUT2D eigenvalue weighted by molar-refractivity contribution is 7.15. The van der Waals surface area contributed by atoms with Crippen LogP contribution in [0.3, 0.4) is 0 Å². The van der Waals surface area contributed by atoms with Crippen molar-refractivity contribution in [2.24, 2.45) is 0 Å². The van der Waals surface area contributed by atoms with Crippen molar-refractivity contribution in [2.75, 3.05) is 12.4 Å². The number of rotatable bonds is 4. The average Bonchev–Trinajstić information content (AvgIpc) is 2.86. The van der Waals surface area contributed by atoms with Crippen LogP contribution < -0.4 is 10.1 Å². The van der Waals surface area contributed by atoms with Crippen LogP contribution in [0.5, 0.6) is 5.75 Å². The lowest BCUT2D eigenvalue weighted by Gasteiger charge is -2.06. The van der Waals surface area contributed by atoms with E-state index in [0.29, 0.717) is 16.4 Å². The summed E-state index contributed by atoms with van der Waals surface area (Å²) in [5.41, 5.74) is 0.480. The molecule has 0 saturated heterocycles. The van der Waals surface area contributed by atoms with Gasteiger partial charge in [-0.3, -0.25) is 10.1 Å². The van der Waals surface area contributed by atoms with Gasteiger partial charge >= 0.3 is 0 Å². The van der Waals surface area contributed by atoms with Crippen molar-refractivity contribution in [3.05, 3.63) is 34.8 Å². The molecular weight excluding hydrogens is 250 g/mol. The smallest absolute Gasteiger partial charge is 0.261 e. The third-order valence-corrected chi connectivity index (χ3v) is 3.32. The lowest BCUT2D eigenvalue weighted by molar-refractivity contribution is 0.102. The van der Waals surface area contributed by atoms with Gasteiger partial charge in [0.05, 0.1) is 12.7 Å². The summed E-state index contributed by atoms with van der Waals surface area (Å²) < 4.78 is 5.14. The summed E-state index contributed by atoms with van der Waals surface area (Å²) in [5.74, 6) is 0.293. The Morgan fingerprint density at radius 1 is 1.39 bits per heavy atom. The second kappa shape index (κ2) is 5.59. The maximum atomic E-state index is 12.0. The fourth-order valence-corrected chi connectivity index (χ4v) is 2.12. The first-order valence-corrected chi connectivity index (χ1v) is 6.33. The van der Waals surface area contributed by atoms with Crippen molar-refractivity contribution in [1.29, 1.82) is 0 Å². The molecule has 0 saturated carbocycles. The Hall–Kier alpha value is -1.95. The van der Waals surface area contributed by atoms with Gasteiger partial charge in [0.2, 0.25) is 5.13 Å². The van der Waals surface area contributed by atoms with E-state index >= 15 is 0 Å². The van der Waals surface area contributed by atoms with Crippen LogP contribution in [-0.4, -0.2) is 23.2 Å². The van der Waals surface area contributed by atoms with E-state index in [1.165, 1.54) is 18.4 Å². The molecule has 2 aromatic rings. The number of ether oxygens (including phenoxy) is 1. The molecule has 94 valence electrons. The van der Waals surface area contributed by atoms with Gasteiger partial charge in [0.15, 0.2) is 0 Å². The molecule has 0 aliphatic heterocycles. The number of nitrogens with zero attached hydrogens (tertiary/aromatic N) is 2. The van der Waals surface area contributed by atoms with Gasteiger partial charge in [-0.25, -0.2) is 0 Å². The van der Waals surface area contributed by atoms with E-state index < -0.39 is 0 Å². The minimum absolute atomic E-state index is 0.244. The molecule has 1 amide bonds. The first kappa shape index (κ1) is 12.5. The maximum absolute atomic E-state index is 12.0. The molecule has 18 heavy (non-hydrogen) atoms. The zero-order valence-electron chi connectivity index (χ0n) is 10.1. The number of aromatic nitrogens is 2. The third-order valence-electron chi connectivity index (χ3n) is 2.34. The van der Waals surface area contributed by atoms with Crippen LogP contribution >= 0.6 is 11.3 Å². The lowest BCUT2D eigenvalue weighted by Crippen LogP contribution is -2.12. The Balaban J connectivity index is 2.16. The van der Waals surface area contributed by atoms with Gasteiger partial charge < -0.3 is 4.74 Å². The zero-order chi connectivity index (χ0) is 13.0. The van der Waals surface area contributed by atoms with E-state index in [1.54, 1.807) is 18.2 Å². The molecule has 5 nitrogen and oxygen atoms in total. The molecule has 0 unspecified atom stereocenters. The highest BCUT2D eigenvalue weighted by atomic mass is 32.1. The minimum Gasteiger partial charge on any atom is -0.496 e. The van der Waals surface area contributed by atoms with Gasteiger partial charge in [0, 0.05) is 0 Å². The van der Waals surface area contributed by atoms with Crippen molar-refractivity contribution < 1.29 is 9.53 Å². The topological polar surface area (TPSA) is 64.1 Å². The number of benzene rings is 1. The summed E-state index contributed by atoms with van der Waals surface area (Å²) >= 11 is 1.37. The first-order valence-electron chi connectivity index (χ1n) is 5.51. The average molecular weight is 263 g/mol. The molecule has 0 radical (unpaired) electrons. The number of hydrogen-bond donors (Lipinski definition) is 1. The van der Waals surface area contributed by atoms with Crippen molar-refractivity contribution >= 4 is 22.4 Å². The second-order valence-corrected chi connectivity index (χ2v) is 4.57. The molecule has 0 aliphatic rings. The molecule has 0 bridgehead atoms. The van der Waals surface area contributed by atoms with Gasteiger partial charge in [0.25, 0.3) is 5.91 Å². The SMILES string of the molecule is CCc1nnc(NC(=O)c2ccccc2OC)s1. The fourth-order valence-electron chi connectivity index (χ4n) is 1.44. The molecule has 1 aromatic heterocycles. The summed E-state index contributed by atoms with van der Waals surface area (Å²) in [6.07, 6.45) is 0.808. The highest BCUT2D eigenvalue weighted by Gasteiger charge is 2.13. The molecule has 0 aliphatic carbocycles. The van der Waals surface area contributed by atoms with Crippen LogP contribution in [0.25, 0.3) is 0 Å². The van der Waals surface area contributed by atoms with Crippen LogP contribution in [-0.2, 0) is 6.42 Å². The quantitative estimate of drug-likeness (QED) is 0.919. The molecule has 1 heterocycles. The van der Waals surface area contributed by atoms with Crippen LogP contribution in [0.2, 0.25) is 0 Å². The first-order chi connectivity index (χ1) is 8.74. The van der Waals surface area contributed by atoms with Gasteiger partial charge in [-0.1, -0.05) is 30.4 Å². The van der Waals surface area contributed by atoms with E-state index in [0.717, 1.165) is 11.4 Å². The number of hydrogen-bond acceptors (Lipinski definition) is 5. The molecule has 0 fully saturated rings. The van der Waals surface area contributed by atoms with Crippen molar-refractivity contribution in [3.63, 3.8) is 0 Å². The van der Waals surface area contributed by atoms with Crippen molar-refractivity contribution in [1.82, 2.24) is 10.2 Å². The maximum Gasteiger partial charge on any atom is 0.261 e. The van der Waals surface area contributed by atoms with Gasteiger partial charge in [-0.2, -0.15) is 0 Å². The van der Waals surface area contributed by atoms with Crippen molar-refractivity contribution in [3.8, 4) is 5.75 Å². The third kappa shape index (κ3) is 2.65.